The van der Waals surface area contributed by atoms with E-state index in [9.17, 15) is 0 Å². The second-order valence-corrected chi connectivity index (χ2v) is 14.0. The summed E-state index contributed by atoms with van der Waals surface area (Å²) in [5.74, 6) is 1.64. The lowest BCUT2D eigenvalue weighted by atomic mass is 9.92. The van der Waals surface area contributed by atoms with Crippen molar-refractivity contribution >= 4 is 21.8 Å². The number of hydrogen-bond acceptors (Lipinski definition) is 5. The van der Waals surface area contributed by atoms with Crippen LogP contribution in [0.25, 0.3) is 84.4 Å². The summed E-state index contributed by atoms with van der Waals surface area (Å²) in [6.07, 6.45) is 14.1. The number of aromatic nitrogens is 7. The van der Waals surface area contributed by atoms with Crippen molar-refractivity contribution in [2.75, 3.05) is 0 Å². The van der Waals surface area contributed by atoms with Gasteiger partial charge in [0.1, 0.15) is 0 Å². The zero-order valence-corrected chi connectivity index (χ0v) is 30.9. The fraction of sp³-hybridized carbons (Fsp3) is 0.0816. The van der Waals surface area contributed by atoms with Crippen LogP contribution in [0.1, 0.15) is 18.1 Å². The summed E-state index contributed by atoms with van der Waals surface area (Å²) in [6, 6.07) is 46.0. The minimum absolute atomic E-state index is 0.543. The maximum atomic E-state index is 5.29. The summed E-state index contributed by atoms with van der Waals surface area (Å²) >= 11 is 0. The van der Waals surface area contributed by atoms with E-state index in [0.29, 0.717) is 17.6 Å². The van der Waals surface area contributed by atoms with Crippen molar-refractivity contribution in [3.05, 3.63) is 181 Å². The van der Waals surface area contributed by atoms with Crippen molar-refractivity contribution in [3.8, 4) is 62.6 Å². The summed E-state index contributed by atoms with van der Waals surface area (Å²) < 4.78 is 4.72. The van der Waals surface area contributed by atoms with Gasteiger partial charge in [0.15, 0.2) is 11.6 Å². The van der Waals surface area contributed by atoms with E-state index in [2.05, 4.69) is 106 Å². The van der Waals surface area contributed by atoms with Gasteiger partial charge in [-0.3, -0.25) is 14.5 Å². The van der Waals surface area contributed by atoms with Crippen molar-refractivity contribution in [2.24, 2.45) is 0 Å². The molecule has 0 N–H and O–H groups in total. The van der Waals surface area contributed by atoms with Crippen LogP contribution >= 0.6 is 0 Å². The van der Waals surface area contributed by atoms with E-state index in [4.69, 9.17) is 24.9 Å². The SMILES string of the molecule is C/C=C\C=C/Cn1c2c(c3ccccc31)CCc1c-2n(-c2nc(-c3ccc(-c4ccccc4)nc3)nc(-c3ccc(-c4ccccc4)nc3)n2)c2ccccc12. The van der Waals surface area contributed by atoms with Crippen molar-refractivity contribution < 1.29 is 0 Å². The van der Waals surface area contributed by atoms with Crippen LogP contribution in [0.3, 0.4) is 0 Å². The third kappa shape index (κ3) is 5.81. The Morgan fingerprint density at radius 2 is 1.05 bits per heavy atom. The Balaban J connectivity index is 1.20. The molecule has 5 heterocycles. The monoisotopic (exact) mass is 723 g/mol. The fourth-order valence-electron chi connectivity index (χ4n) is 8.05. The van der Waals surface area contributed by atoms with Gasteiger partial charge in [0.05, 0.1) is 28.3 Å². The highest BCUT2D eigenvalue weighted by molar-refractivity contribution is 5.99. The first-order valence-corrected chi connectivity index (χ1v) is 19.1. The van der Waals surface area contributed by atoms with Gasteiger partial charge in [-0.05, 0) is 67.3 Å². The predicted molar refractivity (Wildman–Crippen MR) is 226 cm³/mol. The Hall–Kier alpha value is -7.25. The van der Waals surface area contributed by atoms with Gasteiger partial charge in [-0.15, -0.1) is 0 Å². The molecular weight excluding hydrogens is 687 g/mol. The van der Waals surface area contributed by atoms with E-state index in [1.807, 2.05) is 80.0 Å². The predicted octanol–water partition coefficient (Wildman–Crippen LogP) is 11.1. The molecule has 56 heavy (non-hydrogen) atoms. The Morgan fingerprint density at radius 1 is 0.518 bits per heavy atom. The number of hydrogen-bond donors (Lipinski definition) is 0. The van der Waals surface area contributed by atoms with Gasteiger partial charge in [-0.1, -0.05) is 121 Å². The molecule has 0 fully saturated rings. The van der Waals surface area contributed by atoms with Crippen molar-refractivity contribution in [1.82, 2.24) is 34.1 Å². The molecule has 7 nitrogen and oxygen atoms in total. The van der Waals surface area contributed by atoms with Gasteiger partial charge in [0, 0.05) is 57.5 Å². The smallest absolute Gasteiger partial charge is 0.238 e. The second-order valence-electron chi connectivity index (χ2n) is 14.0. The van der Waals surface area contributed by atoms with Crippen LogP contribution in [0.15, 0.2) is 170 Å². The number of rotatable bonds is 8. The Bertz CT molecular complexity index is 2820. The topological polar surface area (TPSA) is 74.3 Å². The second kappa shape index (κ2) is 14.2. The summed E-state index contributed by atoms with van der Waals surface area (Å²) in [4.78, 5) is 25.4. The standard InChI is InChI=1S/C49H37N7/c1-2-3-4-15-30-55-43-22-13-11-20-37(43)39-26-27-40-38-21-12-14-23-44(38)56(46(40)45(39)55)49-53-47(35-24-28-41(50-31-35)33-16-7-5-8-17-33)52-48(54-49)36-25-29-42(51-32-36)34-18-9-6-10-19-34/h2-25,28-29,31-32H,26-27,30H2,1H3/b3-2-,15-4-. The molecule has 0 spiro atoms. The molecule has 0 bridgehead atoms. The van der Waals surface area contributed by atoms with E-state index in [1.165, 1.54) is 33.1 Å². The molecule has 4 aromatic carbocycles. The third-order valence-corrected chi connectivity index (χ3v) is 10.6. The lowest BCUT2D eigenvalue weighted by Crippen LogP contribution is -2.13. The van der Waals surface area contributed by atoms with E-state index in [-0.39, 0.29) is 0 Å². The van der Waals surface area contributed by atoms with Crippen LogP contribution in [-0.2, 0) is 19.4 Å². The largest absolute Gasteiger partial charge is 0.335 e. The average Bonchev–Trinajstić information content (AvgIpc) is 3.78. The molecule has 0 atom stereocenters. The molecule has 7 heteroatoms. The molecule has 0 aliphatic heterocycles. The minimum Gasteiger partial charge on any atom is -0.335 e. The molecule has 0 radical (unpaired) electrons. The number of allylic oxidation sites excluding steroid dienone is 4. The first kappa shape index (κ1) is 33.3. The number of benzene rings is 4. The van der Waals surface area contributed by atoms with E-state index in [0.717, 1.165) is 64.2 Å². The van der Waals surface area contributed by atoms with Gasteiger partial charge >= 0.3 is 0 Å². The Labute approximate surface area is 325 Å². The lowest BCUT2D eigenvalue weighted by Gasteiger charge is -2.20. The maximum Gasteiger partial charge on any atom is 0.238 e. The Kier molecular flexibility index (Phi) is 8.45. The van der Waals surface area contributed by atoms with E-state index < -0.39 is 0 Å². The van der Waals surface area contributed by atoms with Gasteiger partial charge < -0.3 is 4.57 Å². The summed E-state index contributed by atoms with van der Waals surface area (Å²) in [6.45, 7) is 2.77. The number of aryl methyl sites for hydroxylation is 2. The number of pyridine rings is 2. The molecule has 5 aromatic heterocycles. The van der Waals surface area contributed by atoms with Crippen molar-refractivity contribution in [2.45, 2.75) is 26.3 Å². The zero-order chi connectivity index (χ0) is 37.4. The maximum absolute atomic E-state index is 5.29. The van der Waals surface area contributed by atoms with Gasteiger partial charge in [-0.25, -0.2) is 4.98 Å². The van der Waals surface area contributed by atoms with Crippen LogP contribution in [0.5, 0.6) is 0 Å². The van der Waals surface area contributed by atoms with Crippen LogP contribution in [-0.4, -0.2) is 34.1 Å². The molecule has 0 unspecified atom stereocenters. The fourth-order valence-corrected chi connectivity index (χ4v) is 8.05. The zero-order valence-electron chi connectivity index (χ0n) is 30.9. The van der Waals surface area contributed by atoms with Crippen LogP contribution in [0, 0.1) is 0 Å². The lowest BCUT2D eigenvalue weighted by molar-refractivity contribution is 0.826. The van der Waals surface area contributed by atoms with Crippen LogP contribution < -0.4 is 0 Å². The highest BCUT2D eigenvalue weighted by atomic mass is 15.2. The van der Waals surface area contributed by atoms with Gasteiger partial charge in [0.2, 0.25) is 5.95 Å². The first-order chi connectivity index (χ1) is 27.7. The molecule has 0 amide bonds. The van der Waals surface area contributed by atoms with Crippen molar-refractivity contribution in [1.29, 1.82) is 0 Å². The minimum atomic E-state index is 0.543. The molecule has 0 saturated carbocycles. The highest BCUT2D eigenvalue weighted by Crippen LogP contribution is 2.45. The molecule has 10 rings (SSSR count). The first-order valence-electron chi connectivity index (χ1n) is 19.1. The molecule has 268 valence electrons. The van der Waals surface area contributed by atoms with Gasteiger partial charge in [0.25, 0.3) is 0 Å². The molecule has 1 aliphatic carbocycles. The van der Waals surface area contributed by atoms with Crippen molar-refractivity contribution in [3.63, 3.8) is 0 Å². The third-order valence-electron chi connectivity index (χ3n) is 10.6. The summed E-state index contributed by atoms with van der Waals surface area (Å²) in [7, 11) is 0. The number of nitrogens with zero attached hydrogens (tertiary/aromatic N) is 7. The highest BCUT2D eigenvalue weighted by Gasteiger charge is 2.31. The molecule has 9 aromatic rings. The number of para-hydroxylation sites is 2. The molecule has 1 aliphatic rings. The molecular formula is C49H37N7. The molecule has 0 saturated heterocycles. The van der Waals surface area contributed by atoms with Crippen LogP contribution in [0.2, 0.25) is 0 Å². The average molecular weight is 724 g/mol. The van der Waals surface area contributed by atoms with E-state index >= 15 is 0 Å². The Morgan fingerprint density at radius 3 is 1.62 bits per heavy atom. The van der Waals surface area contributed by atoms with E-state index in [1.54, 1.807) is 0 Å². The van der Waals surface area contributed by atoms with Gasteiger partial charge in [-0.2, -0.15) is 9.97 Å². The van der Waals surface area contributed by atoms with Crippen LogP contribution in [0.4, 0.5) is 0 Å². The quantitative estimate of drug-likeness (QED) is 0.146. The summed E-state index contributed by atoms with van der Waals surface area (Å²) in [5, 5.41) is 2.50. The normalized spacial score (nSPS) is 12.5. The number of fused-ring (bicyclic) bond motifs is 7. The summed E-state index contributed by atoms with van der Waals surface area (Å²) in [5.41, 5.74) is 12.8.